The molecule has 0 aromatic heterocycles. The molecular weight excluding hydrogens is 438 g/mol. The number of allylic oxidation sites excluding steroid dienone is 4. The van der Waals surface area contributed by atoms with Crippen molar-refractivity contribution < 1.29 is 0 Å². The van der Waals surface area contributed by atoms with Crippen LogP contribution in [0.1, 0.15) is 71.4 Å². The molecule has 1 nitrogen and oxygen atoms in total. The molecule has 2 fully saturated rings. The molecule has 0 spiro atoms. The Labute approximate surface area is 215 Å². The number of hydrogen-bond acceptors (Lipinski definition) is 1. The van der Waals surface area contributed by atoms with Crippen molar-refractivity contribution in [2.75, 3.05) is 6.54 Å². The van der Waals surface area contributed by atoms with E-state index in [2.05, 4.69) is 114 Å². The van der Waals surface area contributed by atoms with Crippen molar-refractivity contribution in [3.05, 3.63) is 83.0 Å². The Hall–Kier alpha value is -1.90. The lowest BCUT2D eigenvalue weighted by molar-refractivity contribution is 0.245. The molecule has 2 aromatic rings. The highest BCUT2D eigenvalue weighted by Crippen LogP contribution is 2.56. The summed E-state index contributed by atoms with van der Waals surface area (Å²) < 4.78 is 2.98. The van der Waals surface area contributed by atoms with E-state index in [4.69, 9.17) is 0 Å². The van der Waals surface area contributed by atoms with Gasteiger partial charge in [-0.2, -0.15) is 0 Å². The highest BCUT2D eigenvalue weighted by Gasteiger charge is 2.59. The lowest BCUT2D eigenvalue weighted by Crippen LogP contribution is -2.77. The Kier molecular flexibility index (Phi) is 6.51. The molecule has 0 bridgehead atoms. The summed E-state index contributed by atoms with van der Waals surface area (Å²) in [5.41, 5.74) is 6.82. The van der Waals surface area contributed by atoms with Gasteiger partial charge >= 0.3 is 0 Å². The number of hydrogen-bond donors (Lipinski definition) is 0. The van der Waals surface area contributed by atoms with E-state index in [0.29, 0.717) is 23.3 Å². The average molecular weight is 484 g/mol. The van der Waals surface area contributed by atoms with Gasteiger partial charge in [0.25, 0.3) is 0 Å². The van der Waals surface area contributed by atoms with Gasteiger partial charge in [-0.3, -0.25) is 0 Å². The highest BCUT2D eigenvalue weighted by molar-refractivity contribution is 7.01. The largest absolute Gasteiger partial charge is 0.312 e. The third kappa shape index (κ3) is 4.11. The van der Waals surface area contributed by atoms with Gasteiger partial charge in [0.15, 0.2) is 8.24 Å². The van der Waals surface area contributed by atoms with Crippen molar-refractivity contribution in [2.45, 2.75) is 85.2 Å². The van der Waals surface area contributed by atoms with Crippen LogP contribution in [0.5, 0.6) is 0 Å². The van der Waals surface area contributed by atoms with E-state index in [9.17, 15) is 0 Å². The molecule has 0 saturated heterocycles. The maximum atomic E-state index is 2.98. The fourth-order valence-electron chi connectivity index (χ4n) is 8.05. The fourth-order valence-corrected chi connectivity index (χ4v) is 14.9. The SMILES string of the molecule is CCN(C(C)(C)C)[Si](c1ccc(C)cc1)(c1ccc(C)cc1)C1C(C)CC2C=C3CCCC3=CC21. The van der Waals surface area contributed by atoms with E-state index < -0.39 is 8.24 Å². The van der Waals surface area contributed by atoms with Crippen LogP contribution in [0, 0.1) is 31.6 Å². The first-order valence-electron chi connectivity index (χ1n) is 14.0. The summed E-state index contributed by atoms with van der Waals surface area (Å²) >= 11 is 0. The van der Waals surface area contributed by atoms with Crippen molar-refractivity contribution in [1.29, 1.82) is 0 Å². The van der Waals surface area contributed by atoms with E-state index in [-0.39, 0.29) is 5.54 Å². The van der Waals surface area contributed by atoms with Crippen LogP contribution in [-0.2, 0) is 0 Å². The quantitative estimate of drug-likeness (QED) is 0.407. The zero-order valence-electron chi connectivity index (χ0n) is 23.1. The normalized spacial score (nSPS) is 26.4. The molecule has 35 heavy (non-hydrogen) atoms. The third-order valence-electron chi connectivity index (χ3n) is 9.30. The zero-order valence-corrected chi connectivity index (χ0v) is 24.1. The maximum Gasteiger partial charge on any atom is 0.197 e. The Bertz CT molecular complexity index is 1070. The topological polar surface area (TPSA) is 3.24 Å². The minimum Gasteiger partial charge on any atom is -0.312 e. The van der Waals surface area contributed by atoms with Gasteiger partial charge in [0.05, 0.1) is 0 Å². The van der Waals surface area contributed by atoms with Gasteiger partial charge in [0.2, 0.25) is 0 Å². The summed E-state index contributed by atoms with van der Waals surface area (Å²) in [5.74, 6) is 2.05. The van der Waals surface area contributed by atoms with Crippen molar-refractivity contribution in [2.24, 2.45) is 17.8 Å². The average Bonchev–Trinajstić information content (AvgIpc) is 3.39. The van der Waals surface area contributed by atoms with Crippen LogP contribution in [0.3, 0.4) is 0 Å². The summed E-state index contributed by atoms with van der Waals surface area (Å²) in [6.45, 7) is 17.9. The van der Waals surface area contributed by atoms with Crippen LogP contribution in [0.4, 0.5) is 0 Å². The monoisotopic (exact) mass is 483 g/mol. The van der Waals surface area contributed by atoms with Crippen molar-refractivity contribution in [3.8, 4) is 0 Å². The van der Waals surface area contributed by atoms with Gasteiger partial charge < -0.3 is 4.57 Å². The predicted molar refractivity (Wildman–Crippen MR) is 154 cm³/mol. The summed E-state index contributed by atoms with van der Waals surface area (Å²) in [4.78, 5) is 0. The zero-order chi connectivity index (χ0) is 25.0. The van der Waals surface area contributed by atoms with Crippen LogP contribution in [-0.4, -0.2) is 24.9 Å². The molecule has 2 heteroatoms. The molecule has 0 radical (unpaired) electrons. The number of fused-ring (bicyclic) bond motifs is 2. The van der Waals surface area contributed by atoms with Gasteiger partial charge in [0.1, 0.15) is 0 Å². The molecule has 3 aliphatic carbocycles. The van der Waals surface area contributed by atoms with Gasteiger partial charge in [-0.25, -0.2) is 0 Å². The van der Waals surface area contributed by atoms with Crippen LogP contribution in [0.15, 0.2) is 71.8 Å². The molecule has 0 aliphatic heterocycles. The van der Waals surface area contributed by atoms with Gasteiger partial charge in [-0.15, -0.1) is 0 Å². The van der Waals surface area contributed by atoms with Crippen LogP contribution < -0.4 is 10.4 Å². The summed E-state index contributed by atoms with van der Waals surface area (Å²) in [5, 5.41) is 3.20. The molecule has 186 valence electrons. The molecular formula is C33H45NSi. The molecule has 4 unspecified atom stereocenters. The summed E-state index contributed by atoms with van der Waals surface area (Å²) in [6.07, 6.45) is 10.8. The number of rotatable bonds is 5. The smallest absolute Gasteiger partial charge is 0.197 e. The van der Waals surface area contributed by atoms with Gasteiger partial charge in [-0.05, 0) is 112 Å². The van der Waals surface area contributed by atoms with Gasteiger partial charge in [0, 0.05) is 5.54 Å². The summed E-state index contributed by atoms with van der Waals surface area (Å²) in [7, 11) is -2.38. The van der Waals surface area contributed by atoms with E-state index in [1.807, 2.05) is 0 Å². The second-order valence-corrected chi connectivity index (χ2v) is 16.5. The molecule has 0 amide bonds. The Morgan fingerprint density at radius 1 is 0.829 bits per heavy atom. The first-order chi connectivity index (χ1) is 16.7. The second kappa shape index (κ2) is 9.20. The van der Waals surface area contributed by atoms with Crippen LogP contribution >= 0.6 is 0 Å². The van der Waals surface area contributed by atoms with E-state index >= 15 is 0 Å². The van der Waals surface area contributed by atoms with Crippen LogP contribution in [0.25, 0.3) is 0 Å². The second-order valence-electron chi connectivity index (χ2n) is 12.6. The van der Waals surface area contributed by atoms with Crippen molar-refractivity contribution >= 4 is 18.6 Å². The molecule has 2 aromatic carbocycles. The Balaban J connectivity index is 1.81. The third-order valence-corrected chi connectivity index (χ3v) is 15.5. The Morgan fingerprint density at radius 3 is 1.83 bits per heavy atom. The lowest BCUT2D eigenvalue weighted by Gasteiger charge is -2.55. The Morgan fingerprint density at radius 2 is 1.34 bits per heavy atom. The van der Waals surface area contributed by atoms with Crippen LogP contribution in [0.2, 0.25) is 5.54 Å². The summed E-state index contributed by atoms with van der Waals surface area (Å²) in [6, 6.07) is 19.5. The standard InChI is InChI=1S/C33H45NSi/c1-8-34(33(5,6)7)35(29-16-12-23(2)13-17-29,30-18-14-24(3)15-19-30)32-25(4)20-28-21-26-10-9-11-27(26)22-31(28)32/h12-19,21-22,25,28,31-32H,8-11,20H2,1-7H3. The first-order valence-corrected chi connectivity index (χ1v) is 16.0. The predicted octanol–water partition coefficient (Wildman–Crippen LogP) is 7.18. The van der Waals surface area contributed by atoms with Crippen molar-refractivity contribution in [3.63, 3.8) is 0 Å². The van der Waals surface area contributed by atoms with Crippen molar-refractivity contribution in [1.82, 2.24) is 4.57 Å². The molecule has 0 N–H and O–H groups in total. The number of aryl methyl sites for hydroxylation is 2. The molecule has 3 aliphatic rings. The molecule has 0 heterocycles. The fraction of sp³-hybridized carbons (Fsp3) is 0.515. The molecule has 2 saturated carbocycles. The number of nitrogens with zero attached hydrogens (tertiary/aromatic N) is 1. The number of benzene rings is 2. The highest BCUT2D eigenvalue weighted by atomic mass is 28.3. The first kappa shape index (κ1) is 24.8. The van der Waals surface area contributed by atoms with E-state index in [0.717, 1.165) is 6.54 Å². The minimum absolute atomic E-state index is 0.0880. The lowest BCUT2D eigenvalue weighted by atomic mass is 9.85. The minimum atomic E-state index is -2.38. The maximum absolute atomic E-state index is 2.98. The molecule has 5 rings (SSSR count). The molecule has 4 atom stereocenters. The van der Waals surface area contributed by atoms with E-state index in [1.54, 1.807) is 21.5 Å². The van der Waals surface area contributed by atoms with Gasteiger partial charge in [-0.1, -0.05) is 85.7 Å². The van der Waals surface area contributed by atoms with E-state index in [1.165, 1.54) is 36.8 Å².